The molecule has 26 heavy (non-hydrogen) atoms. The summed E-state index contributed by atoms with van der Waals surface area (Å²) in [5, 5.41) is 6.21. The highest BCUT2D eigenvalue weighted by Gasteiger charge is 2.22. The first-order valence-corrected chi connectivity index (χ1v) is 8.67. The van der Waals surface area contributed by atoms with Gasteiger partial charge < -0.3 is 15.4 Å². The fourth-order valence-electron chi connectivity index (χ4n) is 2.97. The van der Waals surface area contributed by atoms with E-state index in [0.717, 1.165) is 24.9 Å². The van der Waals surface area contributed by atoms with Gasteiger partial charge in [0.1, 0.15) is 5.75 Å². The summed E-state index contributed by atoms with van der Waals surface area (Å²) in [6, 6.07) is 13.6. The van der Waals surface area contributed by atoms with Crippen LogP contribution in [0.3, 0.4) is 0 Å². The summed E-state index contributed by atoms with van der Waals surface area (Å²) in [6.45, 7) is 3.53. The predicted molar refractivity (Wildman–Crippen MR) is 102 cm³/mol. The van der Waals surface area contributed by atoms with Gasteiger partial charge in [-0.15, -0.1) is 12.4 Å². The maximum absolute atomic E-state index is 14.3. The van der Waals surface area contributed by atoms with Gasteiger partial charge in [0.25, 0.3) is 0 Å². The number of halogens is 2. The van der Waals surface area contributed by atoms with Crippen molar-refractivity contribution >= 4 is 18.3 Å². The van der Waals surface area contributed by atoms with Gasteiger partial charge in [0.05, 0.1) is 12.0 Å². The Kier molecular flexibility index (Phi) is 7.42. The Morgan fingerprint density at radius 3 is 2.69 bits per heavy atom. The highest BCUT2D eigenvalue weighted by Crippen LogP contribution is 2.27. The monoisotopic (exact) mass is 378 g/mol. The van der Waals surface area contributed by atoms with Gasteiger partial charge in [-0.05, 0) is 56.1 Å². The minimum Gasteiger partial charge on any atom is -0.454 e. The van der Waals surface area contributed by atoms with E-state index >= 15 is 0 Å². The molecular formula is C20H24ClFN2O2. The molecule has 0 aliphatic carbocycles. The van der Waals surface area contributed by atoms with Crippen LogP contribution in [0, 0.1) is 11.7 Å². The Hall–Kier alpha value is -2.11. The van der Waals surface area contributed by atoms with Gasteiger partial charge in [0, 0.05) is 6.54 Å². The molecular weight excluding hydrogens is 355 g/mol. The maximum Gasteiger partial charge on any atom is 0.224 e. The zero-order chi connectivity index (χ0) is 17.6. The van der Waals surface area contributed by atoms with E-state index in [9.17, 15) is 9.18 Å². The van der Waals surface area contributed by atoms with E-state index in [2.05, 4.69) is 10.6 Å². The zero-order valence-electron chi connectivity index (χ0n) is 14.7. The molecule has 4 nitrogen and oxygen atoms in total. The van der Waals surface area contributed by atoms with E-state index in [1.807, 2.05) is 25.1 Å². The number of para-hydroxylation sites is 1. The molecule has 1 aliphatic rings. The number of hydrogen-bond donors (Lipinski definition) is 2. The standard InChI is InChI=1S/C20H23FN2O2.ClH/c1-14(23-20(24)16-6-5-11-22-13-16)15-9-10-19(18(21)12-15)25-17-7-3-2-4-8-17;/h2-4,7-10,12,14,16,22H,5-6,11,13H2,1H3,(H,23,24);1H. The molecule has 0 bridgehead atoms. The first-order valence-electron chi connectivity index (χ1n) is 8.67. The Morgan fingerprint density at radius 1 is 1.27 bits per heavy atom. The number of ether oxygens (including phenoxy) is 1. The molecule has 0 saturated carbocycles. The SMILES string of the molecule is CC(NC(=O)C1CCCNC1)c1ccc(Oc2ccccc2)c(F)c1.Cl. The normalized spacial score (nSPS) is 17.7. The summed E-state index contributed by atoms with van der Waals surface area (Å²) < 4.78 is 19.9. The molecule has 0 radical (unpaired) electrons. The van der Waals surface area contributed by atoms with Crippen LogP contribution in [0.1, 0.15) is 31.4 Å². The van der Waals surface area contributed by atoms with E-state index in [1.165, 1.54) is 6.07 Å². The first-order chi connectivity index (χ1) is 12.1. The second kappa shape index (κ2) is 9.55. The highest BCUT2D eigenvalue weighted by atomic mass is 35.5. The lowest BCUT2D eigenvalue weighted by Crippen LogP contribution is -2.41. The number of piperidine rings is 1. The van der Waals surface area contributed by atoms with E-state index in [4.69, 9.17) is 4.74 Å². The van der Waals surface area contributed by atoms with Crippen molar-refractivity contribution in [3.05, 3.63) is 59.9 Å². The Balaban J connectivity index is 0.00000243. The molecule has 2 N–H and O–H groups in total. The van der Waals surface area contributed by atoms with Gasteiger partial charge in [-0.2, -0.15) is 0 Å². The average Bonchev–Trinajstić information content (AvgIpc) is 2.65. The topological polar surface area (TPSA) is 50.4 Å². The molecule has 1 saturated heterocycles. The Bertz CT molecular complexity index is 721. The summed E-state index contributed by atoms with van der Waals surface area (Å²) in [4.78, 5) is 12.3. The number of benzene rings is 2. The molecule has 2 unspecified atom stereocenters. The summed E-state index contributed by atoms with van der Waals surface area (Å²) in [5.74, 6) is 0.318. The molecule has 1 fully saturated rings. The van der Waals surface area contributed by atoms with Gasteiger partial charge in [0.15, 0.2) is 11.6 Å². The highest BCUT2D eigenvalue weighted by molar-refractivity contribution is 5.85. The van der Waals surface area contributed by atoms with Crippen molar-refractivity contribution in [2.24, 2.45) is 5.92 Å². The van der Waals surface area contributed by atoms with Crippen LogP contribution >= 0.6 is 12.4 Å². The van der Waals surface area contributed by atoms with Crippen molar-refractivity contribution in [3.8, 4) is 11.5 Å². The molecule has 0 aromatic heterocycles. The van der Waals surface area contributed by atoms with Crippen LogP contribution in [-0.2, 0) is 4.79 Å². The van der Waals surface area contributed by atoms with Crippen molar-refractivity contribution in [1.82, 2.24) is 10.6 Å². The van der Waals surface area contributed by atoms with Crippen molar-refractivity contribution in [2.45, 2.75) is 25.8 Å². The van der Waals surface area contributed by atoms with E-state index in [-0.39, 0.29) is 36.0 Å². The summed E-state index contributed by atoms with van der Waals surface area (Å²) >= 11 is 0. The molecule has 1 amide bonds. The van der Waals surface area contributed by atoms with E-state index in [1.54, 1.807) is 24.3 Å². The Morgan fingerprint density at radius 2 is 2.04 bits per heavy atom. The molecule has 2 aromatic rings. The van der Waals surface area contributed by atoms with Crippen LogP contribution in [0.4, 0.5) is 4.39 Å². The molecule has 3 rings (SSSR count). The largest absolute Gasteiger partial charge is 0.454 e. The van der Waals surface area contributed by atoms with Crippen LogP contribution < -0.4 is 15.4 Å². The van der Waals surface area contributed by atoms with Crippen LogP contribution in [0.5, 0.6) is 11.5 Å². The molecule has 140 valence electrons. The van der Waals surface area contributed by atoms with Gasteiger partial charge in [0.2, 0.25) is 5.91 Å². The fourth-order valence-corrected chi connectivity index (χ4v) is 2.97. The molecule has 2 aromatic carbocycles. The number of nitrogens with one attached hydrogen (secondary N) is 2. The fraction of sp³-hybridized carbons (Fsp3) is 0.350. The lowest BCUT2D eigenvalue weighted by Gasteiger charge is -2.24. The van der Waals surface area contributed by atoms with Crippen LogP contribution in [-0.4, -0.2) is 19.0 Å². The third kappa shape index (κ3) is 5.19. The first kappa shape index (κ1) is 20.2. The number of rotatable bonds is 5. The second-order valence-corrected chi connectivity index (χ2v) is 6.38. The zero-order valence-corrected chi connectivity index (χ0v) is 15.5. The molecule has 1 aliphatic heterocycles. The van der Waals surface area contributed by atoms with E-state index < -0.39 is 5.82 Å². The second-order valence-electron chi connectivity index (χ2n) is 6.38. The molecule has 1 heterocycles. The van der Waals surface area contributed by atoms with Crippen molar-refractivity contribution < 1.29 is 13.9 Å². The van der Waals surface area contributed by atoms with Crippen molar-refractivity contribution in [1.29, 1.82) is 0 Å². The molecule has 6 heteroatoms. The number of hydrogen-bond acceptors (Lipinski definition) is 3. The van der Waals surface area contributed by atoms with Gasteiger partial charge in [-0.1, -0.05) is 24.3 Å². The van der Waals surface area contributed by atoms with Gasteiger partial charge >= 0.3 is 0 Å². The number of amides is 1. The minimum atomic E-state index is -0.443. The van der Waals surface area contributed by atoms with Crippen molar-refractivity contribution in [3.63, 3.8) is 0 Å². The summed E-state index contributed by atoms with van der Waals surface area (Å²) in [7, 11) is 0. The summed E-state index contributed by atoms with van der Waals surface area (Å²) in [6.07, 6.45) is 1.90. The van der Waals surface area contributed by atoms with E-state index in [0.29, 0.717) is 12.3 Å². The lowest BCUT2D eigenvalue weighted by atomic mass is 9.98. The third-order valence-electron chi connectivity index (χ3n) is 4.45. The lowest BCUT2D eigenvalue weighted by molar-refractivity contribution is -0.126. The number of carbonyl (C=O) groups excluding carboxylic acids is 1. The molecule has 0 spiro atoms. The Labute approximate surface area is 159 Å². The smallest absolute Gasteiger partial charge is 0.224 e. The van der Waals surface area contributed by atoms with Crippen LogP contribution in [0.2, 0.25) is 0 Å². The third-order valence-corrected chi connectivity index (χ3v) is 4.45. The van der Waals surface area contributed by atoms with Crippen molar-refractivity contribution in [2.75, 3.05) is 13.1 Å². The number of carbonyl (C=O) groups is 1. The quantitative estimate of drug-likeness (QED) is 0.819. The predicted octanol–water partition coefficient (Wildman–Crippen LogP) is 4.22. The van der Waals surface area contributed by atoms with Crippen LogP contribution in [0.15, 0.2) is 48.5 Å². The van der Waals surface area contributed by atoms with Gasteiger partial charge in [-0.3, -0.25) is 4.79 Å². The molecule has 2 atom stereocenters. The summed E-state index contributed by atoms with van der Waals surface area (Å²) in [5.41, 5.74) is 0.718. The van der Waals surface area contributed by atoms with Crippen LogP contribution in [0.25, 0.3) is 0 Å². The van der Waals surface area contributed by atoms with Gasteiger partial charge in [-0.25, -0.2) is 4.39 Å². The maximum atomic E-state index is 14.3. The average molecular weight is 379 g/mol. The minimum absolute atomic E-state index is 0.